The van der Waals surface area contributed by atoms with Crippen molar-refractivity contribution >= 4 is 11.8 Å². The molecular formula is C15H25N3O2. The summed E-state index contributed by atoms with van der Waals surface area (Å²) in [6.07, 6.45) is 6.46. The van der Waals surface area contributed by atoms with Gasteiger partial charge in [-0.25, -0.2) is 0 Å². The zero-order valence-electron chi connectivity index (χ0n) is 12.1. The fourth-order valence-corrected chi connectivity index (χ4v) is 3.90. The second-order valence-electron chi connectivity index (χ2n) is 6.84. The van der Waals surface area contributed by atoms with Gasteiger partial charge in [0.05, 0.1) is 0 Å². The molecule has 20 heavy (non-hydrogen) atoms. The monoisotopic (exact) mass is 279 g/mol. The number of nitrogens with one attached hydrogen (secondary N) is 1. The maximum absolute atomic E-state index is 12.5. The number of fused-ring (bicyclic) bond motifs is 1. The van der Waals surface area contributed by atoms with E-state index in [4.69, 9.17) is 5.73 Å². The lowest BCUT2D eigenvalue weighted by Gasteiger charge is -2.45. The number of hydrogen-bond acceptors (Lipinski definition) is 3. The van der Waals surface area contributed by atoms with Crippen molar-refractivity contribution in [3.05, 3.63) is 0 Å². The van der Waals surface area contributed by atoms with Crippen LogP contribution in [0.25, 0.3) is 0 Å². The minimum Gasteiger partial charge on any atom is -0.353 e. The van der Waals surface area contributed by atoms with E-state index in [9.17, 15) is 9.59 Å². The molecule has 0 spiro atoms. The summed E-state index contributed by atoms with van der Waals surface area (Å²) in [5.41, 5.74) is 5.94. The molecule has 0 aromatic heterocycles. The summed E-state index contributed by atoms with van der Waals surface area (Å²) in [5.74, 6) is 0.883. The Morgan fingerprint density at radius 1 is 1.40 bits per heavy atom. The normalized spacial score (nSPS) is 32.0. The number of amides is 2. The molecule has 1 saturated carbocycles. The number of hydrogen-bond donors (Lipinski definition) is 2. The van der Waals surface area contributed by atoms with E-state index in [1.807, 2.05) is 4.90 Å². The van der Waals surface area contributed by atoms with Crippen molar-refractivity contribution < 1.29 is 9.59 Å². The van der Waals surface area contributed by atoms with Gasteiger partial charge in [0.2, 0.25) is 11.8 Å². The molecule has 3 N–H and O–H groups in total. The summed E-state index contributed by atoms with van der Waals surface area (Å²) < 4.78 is 0. The second-order valence-corrected chi connectivity index (χ2v) is 6.84. The van der Waals surface area contributed by atoms with Gasteiger partial charge in [-0.3, -0.25) is 9.59 Å². The highest BCUT2D eigenvalue weighted by molar-refractivity contribution is 5.78. The molecule has 0 aromatic rings. The lowest BCUT2D eigenvalue weighted by molar-refractivity contribution is -0.138. The molecular weight excluding hydrogens is 254 g/mol. The maximum Gasteiger partial charge on any atom is 0.223 e. The number of rotatable bonds is 3. The summed E-state index contributed by atoms with van der Waals surface area (Å²) in [7, 11) is 0. The molecule has 2 aliphatic heterocycles. The van der Waals surface area contributed by atoms with Gasteiger partial charge in [-0.1, -0.05) is 6.42 Å². The molecule has 5 heteroatoms. The van der Waals surface area contributed by atoms with Gasteiger partial charge in [-0.2, -0.15) is 0 Å². The molecule has 5 nitrogen and oxygen atoms in total. The lowest BCUT2D eigenvalue weighted by Crippen LogP contribution is -2.55. The molecule has 1 aliphatic carbocycles. The van der Waals surface area contributed by atoms with Crippen molar-refractivity contribution in [3.8, 4) is 0 Å². The highest BCUT2D eigenvalue weighted by Crippen LogP contribution is 2.43. The standard InChI is InChI=1S/C15H25N3O2/c16-10-15(5-1-6-15)8-14(20)18-7-4-12-11(9-18)2-3-13(19)17-12/h11-12H,1-10,16H2,(H,17,19). The topological polar surface area (TPSA) is 75.4 Å². The average Bonchev–Trinajstić information content (AvgIpc) is 2.42. The number of piperidine rings is 2. The van der Waals surface area contributed by atoms with Crippen molar-refractivity contribution in [2.45, 2.75) is 51.0 Å². The fraction of sp³-hybridized carbons (Fsp3) is 0.867. The first-order valence-electron chi connectivity index (χ1n) is 7.89. The molecule has 2 amide bonds. The lowest BCUT2D eigenvalue weighted by atomic mass is 9.66. The molecule has 0 radical (unpaired) electrons. The maximum atomic E-state index is 12.5. The van der Waals surface area contributed by atoms with Gasteiger partial charge in [-0.15, -0.1) is 0 Å². The van der Waals surface area contributed by atoms with Crippen LogP contribution >= 0.6 is 0 Å². The second kappa shape index (κ2) is 5.35. The van der Waals surface area contributed by atoms with Crippen molar-refractivity contribution in [1.82, 2.24) is 10.2 Å². The predicted octanol–water partition coefficient (Wildman–Crippen LogP) is 0.633. The molecule has 2 saturated heterocycles. The highest BCUT2D eigenvalue weighted by atomic mass is 16.2. The van der Waals surface area contributed by atoms with Crippen molar-refractivity contribution in [3.63, 3.8) is 0 Å². The van der Waals surface area contributed by atoms with E-state index in [1.165, 1.54) is 6.42 Å². The molecule has 2 heterocycles. The Morgan fingerprint density at radius 2 is 2.20 bits per heavy atom. The third kappa shape index (κ3) is 2.55. The first-order valence-corrected chi connectivity index (χ1v) is 7.89. The predicted molar refractivity (Wildman–Crippen MR) is 75.8 cm³/mol. The van der Waals surface area contributed by atoms with Crippen LogP contribution in [-0.4, -0.2) is 42.4 Å². The van der Waals surface area contributed by atoms with E-state index in [0.29, 0.717) is 25.3 Å². The zero-order chi connectivity index (χ0) is 14.2. The van der Waals surface area contributed by atoms with Crippen LogP contribution in [0.5, 0.6) is 0 Å². The fourth-order valence-electron chi connectivity index (χ4n) is 3.90. The Hall–Kier alpha value is -1.10. The van der Waals surface area contributed by atoms with Crippen LogP contribution in [0.4, 0.5) is 0 Å². The minimum atomic E-state index is 0.0920. The molecule has 2 unspecified atom stereocenters. The Kier molecular flexibility index (Phi) is 3.71. The van der Waals surface area contributed by atoms with Crippen LogP contribution in [0, 0.1) is 11.3 Å². The van der Waals surface area contributed by atoms with Gasteiger partial charge in [0.15, 0.2) is 0 Å². The van der Waals surface area contributed by atoms with E-state index >= 15 is 0 Å². The summed E-state index contributed by atoms with van der Waals surface area (Å²) in [4.78, 5) is 25.9. The average molecular weight is 279 g/mol. The first kappa shape index (κ1) is 13.9. The largest absolute Gasteiger partial charge is 0.353 e. The van der Waals surface area contributed by atoms with Crippen LogP contribution in [0.1, 0.15) is 44.9 Å². The van der Waals surface area contributed by atoms with Crippen LogP contribution in [-0.2, 0) is 9.59 Å². The zero-order valence-corrected chi connectivity index (χ0v) is 12.1. The van der Waals surface area contributed by atoms with Gasteiger partial charge in [0.1, 0.15) is 0 Å². The Bertz CT molecular complexity index is 400. The third-order valence-electron chi connectivity index (χ3n) is 5.55. The van der Waals surface area contributed by atoms with E-state index in [-0.39, 0.29) is 23.3 Å². The number of likely N-dealkylation sites (tertiary alicyclic amines) is 1. The van der Waals surface area contributed by atoms with Crippen molar-refractivity contribution in [1.29, 1.82) is 0 Å². The molecule has 3 aliphatic rings. The molecule has 2 atom stereocenters. The smallest absolute Gasteiger partial charge is 0.223 e. The van der Waals surface area contributed by atoms with Gasteiger partial charge in [0.25, 0.3) is 0 Å². The molecule has 0 aromatic carbocycles. The number of carbonyl (C=O) groups excluding carboxylic acids is 2. The number of carbonyl (C=O) groups is 2. The van der Waals surface area contributed by atoms with E-state index in [1.54, 1.807) is 0 Å². The van der Waals surface area contributed by atoms with E-state index in [0.717, 1.165) is 38.8 Å². The molecule has 0 bridgehead atoms. The van der Waals surface area contributed by atoms with Gasteiger partial charge < -0.3 is 16.0 Å². The molecule has 3 fully saturated rings. The van der Waals surface area contributed by atoms with Crippen LogP contribution in [0.2, 0.25) is 0 Å². The Labute approximate surface area is 120 Å². The van der Waals surface area contributed by atoms with Gasteiger partial charge in [-0.05, 0) is 43.6 Å². The van der Waals surface area contributed by atoms with E-state index in [2.05, 4.69) is 5.32 Å². The summed E-state index contributed by atoms with van der Waals surface area (Å²) in [6.45, 7) is 2.22. The summed E-state index contributed by atoms with van der Waals surface area (Å²) in [5, 5.41) is 3.06. The molecule has 112 valence electrons. The third-order valence-corrected chi connectivity index (χ3v) is 5.55. The quantitative estimate of drug-likeness (QED) is 0.796. The Balaban J connectivity index is 1.56. The van der Waals surface area contributed by atoms with Gasteiger partial charge >= 0.3 is 0 Å². The molecule has 3 rings (SSSR count). The van der Waals surface area contributed by atoms with Crippen LogP contribution < -0.4 is 11.1 Å². The SMILES string of the molecule is NCC1(CC(=O)N2CCC3NC(=O)CCC3C2)CCC1. The number of nitrogens with zero attached hydrogens (tertiary/aromatic N) is 1. The van der Waals surface area contributed by atoms with Gasteiger partial charge in [0, 0.05) is 32.0 Å². The highest BCUT2D eigenvalue weighted by Gasteiger charge is 2.41. The number of nitrogens with two attached hydrogens (primary N) is 1. The van der Waals surface area contributed by atoms with Crippen molar-refractivity contribution in [2.24, 2.45) is 17.1 Å². The summed E-state index contributed by atoms with van der Waals surface area (Å²) in [6, 6.07) is 0.285. The van der Waals surface area contributed by atoms with E-state index < -0.39 is 0 Å². The first-order chi connectivity index (χ1) is 9.62. The van der Waals surface area contributed by atoms with Crippen LogP contribution in [0.3, 0.4) is 0 Å². The summed E-state index contributed by atoms with van der Waals surface area (Å²) >= 11 is 0. The van der Waals surface area contributed by atoms with Crippen LogP contribution in [0.15, 0.2) is 0 Å². The van der Waals surface area contributed by atoms with Crippen molar-refractivity contribution in [2.75, 3.05) is 19.6 Å². The Morgan fingerprint density at radius 3 is 2.85 bits per heavy atom. The minimum absolute atomic E-state index is 0.0920.